The Morgan fingerprint density at radius 1 is 1.13 bits per heavy atom. The number of aromatic nitrogens is 1. The van der Waals surface area contributed by atoms with Crippen LogP contribution in [0.5, 0.6) is 0 Å². The third kappa shape index (κ3) is 4.03. The number of nitrogens with one attached hydrogen (secondary N) is 3. The molecule has 2 aliphatic rings. The predicted molar refractivity (Wildman–Crippen MR) is 123 cm³/mol. The highest BCUT2D eigenvalue weighted by atomic mass is 16.1. The summed E-state index contributed by atoms with van der Waals surface area (Å²) in [5.41, 5.74) is 6.03. The molecule has 1 amide bonds. The highest BCUT2D eigenvalue weighted by molar-refractivity contribution is 6.00. The van der Waals surface area contributed by atoms with Crippen molar-refractivity contribution in [2.75, 3.05) is 30.3 Å². The summed E-state index contributed by atoms with van der Waals surface area (Å²) in [6, 6.07) is 16.6. The molecule has 0 radical (unpaired) electrons. The minimum absolute atomic E-state index is 0.0594. The van der Waals surface area contributed by atoms with Crippen LogP contribution in [0.1, 0.15) is 31.2 Å². The van der Waals surface area contributed by atoms with E-state index in [2.05, 4.69) is 46.3 Å². The van der Waals surface area contributed by atoms with Gasteiger partial charge in [0.1, 0.15) is 0 Å². The van der Waals surface area contributed by atoms with Gasteiger partial charge >= 0.3 is 0 Å². The van der Waals surface area contributed by atoms with Crippen molar-refractivity contribution in [3.63, 3.8) is 0 Å². The highest BCUT2D eigenvalue weighted by Gasteiger charge is 2.18. The van der Waals surface area contributed by atoms with Crippen molar-refractivity contribution in [2.24, 2.45) is 5.92 Å². The Morgan fingerprint density at radius 3 is 2.97 bits per heavy atom. The lowest BCUT2D eigenvalue weighted by atomic mass is 9.95. The van der Waals surface area contributed by atoms with E-state index in [-0.39, 0.29) is 5.91 Å². The summed E-state index contributed by atoms with van der Waals surface area (Å²) in [6.07, 6.45) is 5.55. The van der Waals surface area contributed by atoms with E-state index in [9.17, 15) is 4.79 Å². The monoisotopic (exact) mass is 400 g/mol. The molecule has 5 nitrogen and oxygen atoms in total. The number of amides is 1. The molecule has 1 fully saturated rings. The minimum atomic E-state index is 0.0594. The number of carbonyl (C=O) groups excluding carboxylic acids is 1. The number of piperidine rings is 1. The first-order valence-corrected chi connectivity index (χ1v) is 11.0. The first-order chi connectivity index (χ1) is 14.8. The summed E-state index contributed by atoms with van der Waals surface area (Å²) < 4.78 is 0. The summed E-state index contributed by atoms with van der Waals surface area (Å²) in [4.78, 5) is 16.6. The number of anilines is 2. The number of benzene rings is 2. The van der Waals surface area contributed by atoms with E-state index in [1.807, 2.05) is 18.2 Å². The zero-order valence-corrected chi connectivity index (χ0v) is 17.2. The molecule has 0 bridgehead atoms. The lowest BCUT2D eigenvalue weighted by Crippen LogP contribution is -2.29. The van der Waals surface area contributed by atoms with Crippen LogP contribution >= 0.6 is 0 Å². The molecule has 3 N–H and O–H groups in total. The quantitative estimate of drug-likeness (QED) is 0.530. The van der Waals surface area contributed by atoms with Gasteiger partial charge in [-0.15, -0.1) is 0 Å². The van der Waals surface area contributed by atoms with E-state index >= 15 is 0 Å². The van der Waals surface area contributed by atoms with Crippen molar-refractivity contribution in [3.8, 4) is 11.3 Å². The molecule has 2 aliphatic heterocycles. The third-order valence-electron chi connectivity index (χ3n) is 6.25. The highest BCUT2D eigenvalue weighted by Crippen LogP contribution is 2.32. The van der Waals surface area contributed by atoms with Gasteiger partial charge in [-0.2, -0.15) is 0 Å². The lowest BCUT2D eigenvalue weighted by molar-refractivity contribution is -0.115. The van der Waals surface area contributed by atoms with Crippen LogP contribution in [-0.4, -0.2) is 30.5 Å². The average Bonchev–Trinajstić information content (AvgIpc) is 3.16. The van der Waals surface area contributed by atoms with Gasteiger partial charge in [-0.25, -0.2) is 4.98 Å². The Bertz CT molecular complexity index is 1070. The van der Waals surface area contributed by atoms with E-state index in [4.69, 9.17) is 4.98 Å². The first kappa shape index (κ1) is 19.1. The van der Waals surface area contributed by atoms with Crippen molar-refractivity contribution in [1.29, 1.82) is 0 Å². The standard InChI is InChI=1S/C25H28N4O/c30-25-14-19-10-9-18(13-22(19)29-25)23-15-24(20-7-1-2-8-21(20)28-23)27-12-4-6-17-5-3-11-26-16-17/h1-2,7-10,13,15,17,26H,3-6,11-12,14,16H2,(H,27,28)(H,29,30). The SMILES string of the molecule is O=C1Cc2ccc(-c3cc(NCCCC4CCCNC4)c4ccccc4n3)cc2N1. The fraction of sp³-hybridized carbons (Fsp3) is 0.360. The van der Waals surface area contributed by atoms with Gasteiger partial charge < -0.3 is 16.0 Å². The molecule has 5 rings (SSSR count). The first-order valence-electron chi connectivity index (χ1n) is 11.0. The molecule has 1 saturated heterocycles. The summed E-state index contributed by atoms with van der Waals surface area (Å²) in [7, 11) is 0. The van der Waals surface area contributed by atoms with Crippen LogP contribution in [0.15, 0.2) is 48.5 Å². The van der Waals surface area contributed by atoms with Crippen molar-refractivity contribution in [3.05, 3.63) is 54.1 Å². The van der Waals surface area contributed by atoms with Crippen LogP contribution in [0.2, 0.25) is 0 Å². The molecule has 0 spiro atoms. The summed E-state index contributed by atoms with van der Waals surface area (Å²) >= 11 is 0. The lowest BCUT2D eigenvalue weighted by Gasteiger charge is -2.22. The van der Waals surface area contributed by atoms with Gasteiger partial charge in [0.2, 0.25) is 5.91 Å². The van der Waals surface area contributed by atoms with Crippen molar-refractivity contribution in [1.82, 2.24) is 10.3 Å². The fourth-order valence-electron chi connectivity index (χ4n) is 4.63. The molecule has 1 atom stereocenters. The molecular formula is C25H28N4O. The van der Waals surface area contributed by atoms with E-state index < -0.39 is 0 Å². The van der Waals surface area contributed by atoms with Crippen molar-refractivity contribution < 1.29 is 4.79 Å². The number of hydrogen-bond donors (Lipinski definition) is 3. The predicted octanol–water partition coefficient (Wildman–Crippen LogP) is 4.59. The van der Waals surface area contributed by atoms with Crippen LogP contribution in [0.3, 0.4) is 0 Å². The van der Waals surface area contributed by atoms with Gasteiger partial charge in [0.15, 0.2) is 0 Å². The summed E-state index contributed by atoms with van der Waals surface area (Å²) in [6.45, 7) is 3.30. The number of hydrogen-bond acceptors (Lipinski definition) is 4. The van der Waals surface area contributed by atoms with Gasteiger partial charge in [-0.05, 0) is 68.5 Å². The maximum atomic E-state index is 11.7. The zero-order chi connectivity index (χ0) is 20.3. The second-order valence-corrected chi connectivity index (χ2v) is 8.45. The number of fused-ring (bicyclic) bond motifs is 2. The van der Waals surface area contributed by atoms with Gasteiger partial charge in [0.05, 0.1) is 17.6 Å². The van der Waals surface area contributed by atoms with Crippen LogP contribution in [0.4, 0.5) is 11.4 Å². The molecule has 1 aromatic heterocycles. The Balaban J connectivity index is 1.36. The number of nitrogens with zero attached hydrogens (tertiary/aromatic N) is 1. The smallest absolute Gasteiger partial charge is 0.228 e. The second kappa shape index (κ2) is 8.44. The molecule has 3 heterocycles. The number of carbonyl (C=O) groups is 1. The average molecular weight is 401 g/mol. The van der Waals surface area contributed by atoms with Crippen molar-refractivity contribution in [2.45, 2.75) is 32.1 Å². The van der Waals surface area contributed by atoms with E-state index in [1.54, 1.807) is 0 Å². The molecule has 5 heteroatoms. The van der Waals surface area contributed by atoms with Crippen molar-refractivity contribution >= 4 is 28.2 Å². The summed E-state index contributed by atoms with van der Waals surface area (Å²) in [5.74, 6) is 0.871. The van der Waals surface area contributed by atoms with Crippen LogP contribution in [0, 0.1) is 5.92 Å². The van der Waals surface area contributed by atoms with E-state index in [1.165, 1.54) is 32.2 Å². The second-order valence-electron chi connectivity index (χ2n) is 8.45. The van der Waals surface area contributed by atoms with E-state index in [0.717, 1.165) is 58.1 Å². The molecule has 3 aromatic rings. The number of pyridine rings is 1. The molecule has 1 unspecified atom stereocenters. The fourth-order valence-corrected chi connectivity index (χ4v) is 4.63. The molecule has 0 saturated carbocycles. The zero-order valence-electron chi connectivity index (χ0n) is 17.2. The molecule has 154 valence electrons. The summed E-state index contributed by atoms with van der Waals surface area (Å²) in [5, 5.41) is 11.3. The Kier molecular flexibility index (Phi) is 5.37. The maximum Gasteiger partial charge on any atom is 0.228 e. The van der Waals surface area contributed by atoms with Gasteiger partial charge in [0, 0.05) is 28.9 Å². The number of rotatable bonds is 6. The molecular weight excluding hydrogens is 372 g/mol. The molecule has 2 aromatic carbocycles. The largest absolute Gasteiger partial charge is 0.384 e. The van der Waals surface area contributed by atoms with E-state index in [0.29, 0.717) is 6.42 Å². The van der Waals surface area contributed by atoms with Gasteiger partial charge in [-0.3, -0.25) is 4.79 Å². The van der Waals surface area contributed by atoms with Crippen LogP contribution in [0.25, 0.3) is 22.2 Å². The Morgan fingerprint density at radius 2 is 2.07 bits per heavy atom. The van der Waals surface area contributed by atoms with Gasteiger partial charge in [0.25, 0.3) is 0 Å². The molecule has 30 heavy (non-hydrogen) atoms. The normalized spacial score (nSPS) is 18.3. The number of para-hydroxylation sites is 1. The van der Waals surface area contributed by atoms with Gasteiger partial charge in [-0.1, -0.05) is 30.3 Å². The maximum absolute atomic E-state index is 11.7. The van der Waals surface area contributed by atoms with Crippen LogP contribution < -0.4 is 16.0 Å². The van der Waals surface area contributed by atoms with Crippen LogP contribution in [-0.2, 0) is 11.2 Å². The Hall–Kier alpha value is -2.92. The topological polar surface area (TPSA) is 66.0 Å². The Labute approximate surface area is 177 Å². The third-order valence-corrected chi connectivity index (χ3v) is 6.25. The molecule has 0 aliphatic carbocycles. The minimum Gasteiger partial charge on any atom is -0.384 e.